The van der Waals surface area contributed by atoms with Crippen LogP contribution < -0.4 is 38.9 Å². The highest BCUT2D eigenvalue weighted by Gasteiger charge is 2.32. The van der Waals surface area contributed by atoms with Gasteiger partial charge in [-0.25, -0.2) is 4.79 Å². The second kappa shape index (κ2) is 15.7. The molecule has 194 valence electrons. The van der Waals surface area contributed by atoms with Crippen LogP contribution in [-0.2, 0) is 24.0 Å². The van der Waals surface area contributed by atoms with E-state index in [2.05, 4.69) is 33.6 Å². The summed E-state index contributed by atoms with van der Waals surface area (Å²) in [6.45, 7) is 3.70. The third-order valence-corrected chi connectivity index (χ3v) is 5.32. The van der Waals surface area contributed by atoms with E-state index in [-0.39, 0.29) is 37.0 Å². The van der Waals surface area contributed by atoms with E-state index in [4.69, 9.17) is 22.9 Å². The van der Waals surface area contributed by atoms with E-state index in [9.17, 15) is 29.1 Å². The van der Waals surface area contributed by atoms with E-state index in [1.807, 2.05) is 6.92 Å². The highest BCUT2D eigenvalue weighted by atomic mass is 32.1. The summed E-state index contributed by atoms with van der Waals surface area (Å²) < 4.78 is 0. The van der Waals surface area contributed by atoms with Crippen LogP contribution in [0.4, 0.5) is 0 Å². The molecule has 12 N–H and O–H groups in total. The molecule has 0 fully saturated rings. The zero-order valence-electron chi connectivity index (χ0n) is 19.3. The Morgan fingerprint density at radius 2 is 1.56 bits per heavy atom. The highest BCUT2D eigenvalue weighted by Crippen LogP contribution is 2.10. The summed E-state index contributed by atoms with van der Waals surface area (Å²) >= 11 is 3.97. The predicted molar refractivity (Wildman–Crippen MR) is 128 cm³/mol. The largest absolute Gasteiger partial charge is 0.480 e. The Balaban J connectivity index is 5.66. The Hall–Kier alpha value is -3.07. The van der Waals surface area contributed by atoms with Gasteiger partial charge in [0.2, 0.25) is 23.6 Å². The molecule has 0 rings (SSSR count). The number of carbonyl (C=O) groups excluding carboxylic acids is 4. The van der Waals surface area contributed by atoms with Crippen molar-refractivity contribution in [2.24, 2.45) is 33.8 Å². The van der Waals surface area contributed by atoms with Crippen molar-refractivity contribution in [1.82, 2.24) is 16.0 Å². The molecule has 0 heterocycles. The molecule has 0 spiro atoms. The third kappa shape index (κ3) is 11.7. The second-order valence-corrected chi connectivity index (χ2v) is 8.11. The van der Waals surface area contributed by atoms with Crippen molar-refractivity contribution in [1.29, 1.82) is 0 Å². The molecular weight excluding hydrogens is 468 g/mol. The van der Waals surface area contributed by atoms with Crippen molar-refractivity contribution in [2.75, 3.05) is 12.3 Å². The Morgan fingerprint density at radius 3 is 2.03 bits per heavy atom. The fourth-order valence-corrected chi connectivity index (χ4v) is 2.92. The maximum absolute atomic E-state index is 13.0. The van der Waals surface area contributed by atoms with Gasteiger partial charge >= 0.3 is 5.97 Å². The number of aliphatic carboxylic acids is 1. The van der Waals surface area contributed by atoms with E-state index in [1.165, 1.54) is 0 Å². The second-order valence-electron chi connectivity index (χ2n) is 7.74. The Labute approximate surface area is 203 Å². The first-order chi connectivity index (χ1) is 15.8. The van der Waals surface area contributed by atoms with E-state index in [0.29, 0.717) is 6.42 Å². The molecule has 0 aromatic rings. The Kier molecular flexibility index (Phi) is 14.3. The average molecular weight is 505 g/mol. The van der Waals surface area contributed by atoms with Gasteiger partial charge in [0.25, 0.3) is 0 Å². The molecule has 0 radical (unpaired) electrons. The summed E-state index contributed by atoms with van der Waals surface area (Å²) in [6, 6.07) is -4.75. The number of nitrogens with zero attached hydrogens (tertiary/aromatic N) is 1. The Bertz CT molecular complexity index is 761. The number of guanidine groups is 1. The van der Waals surface area contributed by atoms with Gasteiger partial charge in [-0.05, 0) is 18.8 Å². The smallest absolute Gasteiger partial charge is 0.326 e. The number of carbonyl (C=O) groups is 5. The van der Waals surface area contributed by atoms with E-state index in [0.717, 1.165) is 0 Å². The average Bonchev–Trinajstić information content (AvgIpc) is 2.76. The van der Waals surface area contributed by atoms with Gasteiger partial charge in [-0.15, -0.1) is 0 Å². The maximum Gasteiger partial charge on any atom is 0.326 e. The number of rotatable bonds is 16. The maximum atomic E-state index is 13.0. The molecule has 0 aliphatic heterocycles. The van der Waals surface area contributed by atoms with Crippen LogP contribution in [0.1, 0.15) is 39.5 Å². The number of carboxylic acids is 1. The minimum absolute atomic E-state index is 0.0363. The fourth-order valence-electron chi connectivity index (χ4n) is 2.75. The summed E-state index contributed by atoms with van der Waals surface area (Å²) in [5, 5.41) is 16.6. The fraction of sp³-hybridized carbons (Fsp3) is 0.684. The normalized spacial score (nSPS) is 15.1. The van der Waals surface area contributed by atoms with Gasteiger partial charge in [-0.1, -0.05) is 20.3 Å². The first-order valence-electron chi connectivity index (χ1n) is 10.7. The lowest BCUT2D eigenvalue weighted by Crippen LogP contribution is -2.59. The molecule has 5 unspecified atom stereocenters. The minimum Gasteiger partial charge on any atom is -0.480 e. The van der Waals surface area contributed by atoms with Gasteiger partial charge in [-0.3, -0.25) is 24.2 Å². The quantitative estimate of drug-likeness (QED) is 0.0442. The first kappa shape index (κ1) is 30.9. The minimum atomic E-state index is -1.58. The molecule has 34 heavy (non-hydrogen) atoms. The molecule has 5 atom stereocenters. The van der Waals surface area contributed by atoms with Crippen molar-refractivity contribution in [3.8, 4) is 0 Å². The number of nitrogens with two attached hydrogens (primary N) is 4. The lowest BCUT2D eigenvalue weighted by molar-refractivity contribution is -0.143. The van der Waals surface area contributed by atoms with E-state index >= 15 is 0 Å². The molecule has 4 amide bonds. The number of nitrogens with one attached hydrogen (secondary N) is 3. The van der Waals surface area contributed by atoms with Gasteiger partial charge in [-0.2, -0.15) is 12.6 Å². The van der Waals surface area contributed by atoms with Crippen LogP contribution in [0.2, 0.25) is 0 Å². The Morgan fingerprint density at radius 1 is 0.971 bits per heavy atom. The third-order valence-electron chi connectivity index (χ3n) is 4.92. The van der Waals surface area contributed by atoms with E-state index < -0.39 is 60.2 Å². The van der Waals surface area contributed by atoms with Crippen LogP contribution in [0.15, 0.2) is 4.99 Å². The topological polar surface area (TPSA) is 258 Å². The van der Waals surface area contributed by atoms with Gasteiger partial charge in [0.05, 0.1) is 12.5 Å². The number of hydrogen-bond acceptors (Lipinski definition) is 8. The summed E-state index contributed by atoms with van der Waals surface area (Å²) in [5.74, 6) is -4.92. The molecule has 0 aliphatic carbocycles. The van der Waals surface area contributed by atoms with Crippen molar-refractivity contribution >= 4 is 48.2 Å². The van der Waals surface area contributed by atoms with Crippen molar-refractivity contribution < 1.29 is 29.1 Å². The number of thiol groups is 1. The number of carboxylic acid groups (broad SMARTS) is 1. The molecule has 0 bridgehead atoms. The molecule has 0 saturated heterocycles. The summed E-state index contributed by atoms with van der Waals surface area (Å²) in [5.41, 5.74) is 21.3. The summed E-state index contributed by atoms with van der Waals surface area (Å²) in [7, 11) is 0. The highest BCUT2D eigenvalue weighted by molar-refractivity contribution is 7.80. The van der Waals surface area contributed by atoms with Crippen LogP contribution in [0.25, 0.3) is 0 Å². The van der Waals surface area contributed by atoms with Crippen molar-refractivity contribution in [3.05, 3.63) is 0 Å². The van der Waals surface area contributed by atoms with E-state index in [1.54, 1.807) is 6.92 Å². The van der Waals surface area contributed by atoms with Gasteiger partial charge < -0.3 is 44.0 Å². The first-order valence-corrected chi connectivity index (χ1v) is 11.3. The molecule has 0 aliphatic rings. The SMILES string of the molecule is CCC(C)C(NC(=O)C(N)CS)C(=O)NC(CCCN=C(N)N)C(=O)NC(CC(N)=O)C(=O)O. The van der Waals surface area contributed by atoms with Crippen LogP contribution >= 0.6 is 12.6 Å². The van der Waals surface area contributed by atoms with Crippen molar-refractivity contribution in [2.45, 2.75) is 63.7 Å². The zero-order valence-corrected chi connectivity index (χ0v) is 20.2. The van der Waals surface area contributed by atoms with Crippen LogP contribution in [0, 0.1) is 5.92 Å². The van der Waals surface area contributed by atoms with Crippen LogP contribution in [0.3, 0.4) is 0 Å². The number of amides is 4. The van der Waals surface area contributed by atoms with Crippen LogP contribution in [-0.4, -0.2) is 77.1 Å². The lowest BCUT2D eigenvalue weighted by Gasteiger charge is -2.27. The summed E-state index contributed by atoms with van der Waals surface area (Å²) in [6.07, 6.45) is 0.182. The molecule has 0 aromatic carbocycles. The van der Waals surface area contributed by atoms with Crippen molar-refractivity contribution in [3.63, 3.8) is 0 Å². The number of hydrogen-bond donors (Lipinski definition) is 9. The van der Waals surface area contributed by atoms with Gasteiger partial charge in [0, 0.05) is 12.3 Å². The standard InChI is InChI=1S/C19H36N8O6S/c1-3-9(2)14(27-15(29)10(20)8-34)17(31)25-11(5-4-6-24-19(22)23)16(30)26-12(18(32)33)7-13(21)28/h9-12,14,34H,3-8,20H2,1-2H3,(H2,21,28)(H,25,31)(H,26,30)(H,27,29)(H,32,33)(H4,22,23,24). The number of aliphatic imine (C=N–C) groups is 1. The van der Waals surface area contributed by atoms with Gasteiger partial charge in [0.15, 0.2) is 5.96 Å². The monoisotopic (exact) mass is 504 g/mol. The molecule has 14 nitrogen and oxygen atoms in total. The predicted octanol–water partition coefficient (Wildman–Crippen LogP) is -3.24. The summed E-state index contributed by atoms with van der Waals surface area (Å²) in [4.78, 5) is 64.4. The molecule has 15 heteroatoms. The molecular formula is C19H36N8O6S. The zero-order chi connectivity index (χ0) is 26.4. The molecule has 0 aromatic heterocycles. The molecule has 0 saturated carbocycles. The van der Waals surface area contributed by atoms with Gasteiger partial charge in [0.1, 0.15) is 18.1 Å². The number of primary amides is 1. The lowest BCUT2D eigenvalue weighted by atomic mass is 9.97. The van der Waals surface area contributed by atoms with Crippen LogP contribution in [0.5, 0.6) is 0 Å².